The monoisotopic (exact) mass is 266 g/mol. The minimum absolute atomic E-state index is 0.0173. The summed E-state index contributed by atoms with van der Waals surface area (Å²) < 4.78 is 33.0. The molecule has 0 saturated carbocycles. The molecule has 2 aromatic rings. The summed E-state index contributed by atoms with van der Waals surface area (Å²) >= 11 is 0. The van der Waals surface area contributed by atoms with Gasteiger partial charge >= 0.3 is 15.7 Å². The Morgan fingerprint density at radius 3 is 2.39 bits per heavy atom. The molecule has 0 aliphatic rings. The normalized spacial score (nSPS) is 11.2. The van der Waals surface area contributed by atoms with Crippen molar-refractivity contribution >= 4 is 10.1 Å². The van der Waals surface area contributed by atoms with Crippen LogP contribution in [0.5, 0.6) is 5.75 Å². The number of hydrogen-bond donors (Lipinski definition) is 0. The summed E-state index contributed by atoms with van der Waals surface area (Å²) in [6.07, 6.45) is 1.15. The fourth-order valence-electron chi connectivity index (χ4n) is 1.29. The van der Waals surface area contributed by atoms with Crippen molar-refractivity contribution in [2.45, 2.75) is 11.8 Å². The summed E-state index contributed by atoms with van der Waals surface area (Å²) in [7, 11) is -4.01. The van der Waals surface area contributed by atoms with Gasteiger partial charge in [0.25, 0.3) is 0 Å². The van der Waals surface area contributed by atoms with Crippen LogP contribution in [-0.4, -0.2) is 8.42 Å². The molecular formula is C12H10O5S. The Labute approximate surface area is 104 Å². The maximum atomic E-state index is 11.9. The average molecular weight is 266 g/mol. The third kappa shape index (κ3) is 2.60. The van der Waals surface area contributed by atoms with E-state index < -0.39 is 15.7 Å². The van der Waals surface area contributed by atoms with Gasteiger partial charge in [-0.3, -0.25) is 0 Å². The van der Waals surface area contributed by atoms with Crippen LogP contribution in [0.1, 0.15) is 5.56 Å². The molecule has 0 fully saturated rings. The Balaban J connectivity index is 2.36. The average Bonchev–Trinajstić information content (AvgIpc) is 2.32. The summed E-state index contributed by atoms with van der Waals surface area (Å²) in [5, 5.41) is 0. The van der Waals surface area contributed by atoms with Gasteiger partial charge in [-0.05, 0) is 31.2 Å². The fourth-order valence-corrected chi connectivity index (χ4v) is 2.21. The summed E-state index contributed by atoms with van der Waals surface area (Å²) in [6.45, 7) is 1.84. The molecule has 0 atom stereocenters. The van der Waals surface area contributed by atoms with Crippen molar-refractivity contribution in [1.82, 2.24) is 0 Å². The van der Waals surface area contributed by atoms with Gasteiger partial charge < -0.3 is 8.60 Å². The molecule has 0 saturated heterocycles. The van der Waals surface area contributed by atoms with E-state index >= 15 is 0 Å². The van der Waals surface area contributed by atoms with Crippen LogP contribution in [0.3, 0.4) is 0 Å². The maximum Gasteiger partial charge on any atom is 0.380 e. The van der Waals surface area contributed by atoms with E-state index in [4.69, 9.17) is 4.18 Å². The van der Waals surface area contributed by atoms with E-state index in [2.05, 4.69) is 4.42 Å². The molecule has 0 aliphatic carbocycles. The Kier molecular flexibility index (Phi) is 3.20. The maximum absolute atomic E-state index is 11.9. The van der Waals surface area contributed by atoms with E-state index in [9.17, 15) is 13.2 Å². The van der Waals surface area contributed by atoms with Gasteiger partial charge in [-0.1, -0.05) is 17.7 Å². The van der Waals surface area contributed by atoms with Crippen molar-refractivity contribution in [3.05, 3.63) is 58.6 Å². The number of benzene rings is 1. The molecule has 0 amide bonds. The number of rotatable bonds is 3. The third-order valence-corrected chi connectivity index (χ3v) is 3.46. The van der Waals surface area contributed by atoms with Gasteiger partial charge in [0.15, 0.2) is 0 Å². The van der Waals surface area contributed by atoms with Crippen molar-refractivity contribution < 1.29 is 17.0 Å². The van der Waals surface area contributed by atoms with Gasteiger partial charge in [-0.2, -0.15) is 8.42 Å². The summed E-state index contributed by atoms with van der Waals surface area (Å²) in [6, 6.07) is 8.72. The zero-order valence-corrected chi connectivity index (χ0v) is 10.3. The van der Waals surface area contributed by atoms with Crippen LogP contribution in [0.2, 0.25) is 0 Å². The molecule has 1 aromatic carbocycles. The highest BCUT2D eigenvalue weighted by molar-refractivity contribution is 7.87. The van der Waals surface area contributed by atoms with Crippen LogP contribution in [0, 0.1) is 6.92 Å². The predicted molar refractivity (Wildman–Crippen MR) is 64.0 cm³/mol. The molecule has 0 bridgehead atoms. The minimum Gasteiger partial charge on any atom is -0.429 e. The zero-order valence-electron chi connectivity index (χ0n) is 9.49. The highest BCUT2D eigenvalue weighted by Crippen LogP contribution is 2.15. The van der Waals surface area contributed by atoms with Gasteiger partial charge in [0.2, 0.25) is 5.75 Å². The first-order valence-electron chi connectivity index (χ1n) is 5.08. The summed E-state index contributed by atoms with van der Waals surface area (Å²) in [5.41, 5.74) is 0.0846. The molecule has 0 N–H and O–H groups in total. The minimum atomic E-state index is -4.01. The Bertz CT molecular complexity index is 698. The lowest BCUT2D eigenvalue weighted by molar-refractivity contribution is 0.440. The first-order valence-corrected chi connectivity index (χ1v) is 6.49. The lowest BCUT2D eigenvalue weighted by Crippen LogP contribution is -2.14. The molecule has 0 aliphatic heterocycles. The topological polar surface area (TPSA) is 73.6 Å². The van der Waals surface area contributed by atoms with Gasteiger partial charge in [-0.25, -0.2) is 4.79 Å². The predicted octanol–water partition coefficient (Wildman–Crippen LogP) is 1.72. The van der Waals surface area contributed by atoms with Gasteiger partial charge in [-0.15, -0.1) is 0 Å². The molecule has 0 unspecified atom stereocenters. The second kappa shape index (κ2) is 4.66. The molecule has 1 heterocycles. The van der Waals surface area contributed by atoms with Crippen LogP contribution < -0.4 is 9.81 Å². The lowest BCUT2D eigenvalue weighted by atomic mass is 10.2. The van der Waals surface area contributed by atoms with Crippen LogP contribution in [0.4, 0.5) is 0 Å². The van der Waals surface area contributed by atoms with Gasteiger partial charge in [0.05, 0.1) is 6.26 Å². The Hall–Kier alpha value is -2.08. The van der Waals surface area contributed by atoms with Crippen LogP contribution in [-0.2, 0) is 10.1 Å². The highest BCUT2D eigenvalue weighted by Gasteiger charge is 2.18. The summed E-state index contributed by atoms with van der Waals surface area (Å²) in [5.74, 6) is -0.363. The van der Waals surface area contributed by atoms with Gasteiger partial charge in [0.1, 0.15) is 4.90 Å². The zero-order chi connectivity index (χ0) is 13.2. The second-order valence-corrected chi connectivity index (χ2v) is 5.16. The van der Waals surface area contributed by atoms with Crippen molar-refractivity contribution in [2.75, 3.05) is 0 Å². The number of hydrogen-bond acceptors (Lipinski definition) is 5. The van der Waals surface area contributed by atoms with Crippen molar-refractivity contribution in [2.24, 2.45) is 0 Å². The van der Waals surface area contributed by atoms with E-state index in [1.54, 1.807) is 12.1 Å². The quantitative estimate of drug-likeness (QED) is 0.791. The van der Waals surface area contributed by atoms with E-state index in [0.29, 0.717) is 0 Å². The van der Waals surface area contributed by atoms with E-state index in [1.807, 2.05) is 6.92 Å². The Morgan fingerprint density at radius 2 is 1.78 bits per heavy atom. The molecule has 6 heteroatoms. The molecule has 18 heavy (non-hydrogen) atoms. The molecule has 2 rings (SSSR count). The third-order valence-electron chi connectivity index (χ3n) is 2.21. The standard InChI is InChI=1S/C12H10O5S/c1-9-4-6-10(7-5-9)18(14,15)17-11-3-2-8-16-12(11)13/h2-8H,1H3. The lowest BCUT2D eigenvalue weighted by Gasteiger charge is -2.05. The van der Waals surface area contributed by atoms with Crippen LogP contribution in [0.15, 0.2) is 56.8 Å². The fraction of sp³-hybridized carbons (Fsp3) is 0.0833. The van der Waals surface area contributed by atoms with Crippen molar-refractivity contribution in [1.29, 1.82) is 0 Å². The highest BCUT2D eigenvalue weighted by atomic mass is 32.2. The van der Waals surface area contributed by atoms with E-state index in [1.165, 1.54) is 24.3 Å². The first kappa shape index (κ1) is 12.4. The Morgan fingerprint density at radius 1 is 1.11 bits per heavy atom. The summed E-state index contributed by atoms with van der Waals surface area (Å²) in [4.78, 5) is 11.2. The van der Waals surface area contributed by atoms with Gasteiger partial charge in [0, 0.05) is 0 Å². The van der Waals surface area contributed by atoms with Crippen LogP contribution >= 0.6 is 0 Å². The van der Waals surface area contributed by atoms with E-state index in [0.717, 1.165) is 11.8 Å². The largest absolute Gasteiger partial charge is 0.429 e. The molecule has 5 nitrogen and oxygen atoms in total. The van der Waals surface area contributed by atoms with E-state index in [-0.39, 0.29) is 10.6 Å². The van der Waals surface area contributed by atoms with Crippen molar-refractivity contribution in [3.63, 3.8) is 0 Å². The molecule has 1 aromatic heterocycles. The number of aryl methyl sites for hydroxylation is 1. The molecule has 0 radical (unpaired) electrons. The molecular weight excluding hydrogens is 256 g/mol. The first-order chi connectivity index (χ1) is 8.49. The molecule has 0 spiro atoms. The van der Waals surface area contributed by atoms with Crippen LogP contribution in [0.25, 0.3) is 0 Å². The second-order valence-electron chi connectivity index (χ2n) is 3.62. The van der Waals surface area contributed by atoms with Crippen molar-refractivity contribution in [3.8, 4) is 5.75 Å². The SMILES string of the molecule is Cc1ccc(S(=O)(=O)Oc2cccoc2=O)cc1. The molecule has 94 valence electrons. The smallest absolute Gasteiger partial charge is 0.380 e.